The molecule has 1 aliphatic carbocycles. The summed E-state index contributed by atoms with van der Waals surface area (Å²) < 4.78 is 55.6. The topological polar surface area (TPSA) is 61.4 Å². The van der Waals surface area contributed by atoms with Crippen LogP contribution in [0, 0.1) is 11.6 Å². The Hall–Kier alpha value is -2.89. The third-order valence-electron chi connectivity index (χ3n) is 6.57. The first kappa shape index (κ1) is 30.6. The Morgan fingerprint density at radius 1 is 0.974 bits per heavy atom. The van der Waals surface area contributed by atoms with Crippen LogP contribution in [0.5, 0.6) is 0 Å². The lowest BCUT2D eigenvalue weighted by Crippen LogP contribution is -2.55. The SMILES string of the molecule is O=C(NC1CC(F)(F)C1)[C@H](c1ccccc1Cl)N(C(=O)[C@@H]1Cc2ccccc2N1)c1cc(F)cc(F)c1.S.S. The highest BCUT2D eigenvalue weighted by atomic mass is 35.5. The number of para-hydroxylation sites is 1. The maximum Gasteiger partial charge on any atom is 0.252 e. The highest BCUT2D eigenvalue weighted by molar-refractivity contribution is 7.59. The van der Waals surface area contributed by atoms with Gasteiger partial charge in [-0.1, -0.05) is 48.0 Å². The second kappa shape index (κ2) is 12.1. The van der Waals surface area contributed by atoms with Gasteiger partial charge >= 0.3 is 0 Å². The highest BCUT2D eigenvalue weighted by Gasteiger charge is 2.47. The van der Waals surface area contributed by atoms with Gasteiger partial charge in [0, 0.05) is 47.6 Å². The van der Waals surface area contributed by atoms with Crippen molar-refractivity contribution in [3.8, 4) is 0 Å². The van der Waals surface area contributed by atoms with Crippen LogP contribution in [0.1, 0.15) is 30.0 Å². The van der Waals surface area contributed by atoms with Crippen molar-refractivity contribution in [2.24, 2.45) is 0 Å². The van der Waals surface area contributed by atoms with Crippen molar-refractivity contribution >= 4 is 61.8 Å². The Morgan fingerprint density at radius 2 is 1.59 bits per heavy atom. The molecule has 5 nitrogen and oxygen atoms in total. The van der Waals surface area contributed by atoms with E-state index < -0.39 is 60.3 Å². The number of hydrogen-bond donors (Lipinski definition) is 2. The molecule has 2 N–H and O–H groups in total. The van der Waals surface area contributed by atoms with Gasteiger partial charge in [0.05, 0.1) is 5.69 Å². The molecule has 1 heterocycles. The quantitative estimate of drug-likeness (QED) is 0.349. The van der Waals surface area contributed by atoms with Crippen LogP contribution in [0.4, 0.5) is 28.9 Å². The lowest BCUT2D eigenvalue weighted by Gasteiger charge is -2.38. The number of halogens is 5. The summed E-state index contributed by atoms with van der Waals surface area (Å²) in [4.78, 5) is 28.6. The number of rotatable bonds is 6. The van der Waals surface area contributed by atoms with Crippen LogP contribution >= 0.6 is 38.6 Å². The van der Waals surface area contributed by atoms with E-state index in [1.54, 1.807) is 24.3 Å². The first-order valence-electron chi connectivity index (χ1n) is 11.7. The van der Waals surface area contributed by atoms with Crippen LogP contribution in [-0.4, -0.2) is 29.8 Å². The number of nitrogens with one attached hydrogen (secondary N) is 2. The average molecular weight is 600 g/mol. The molecule has 12 heteroatoms. The number of hydrogen-bond acceptors (Lipinski definition) is 3. The van der Waals surface area contributed by atoms with Gasteiger partial charge in [0.1, 0.15) is 23.7 Å². The molecule has 0 aromatic heterocycles. The first-order chi connectivity index (χ1) is 17.6. The number of carbonyl (C=O) groups is 2. The Bertz CT molecular complexity index is 1330. The maximum atomic E-state index is 14.3. The molecule has 2 aliphatic rings. The fraction of sp³-hybridized carbons (Fsp3) is 0.259. The minimum Gasteiger partial charge on any atom is -0.373 e. The van der Waals surface area contributed by atoms with E-state index in [0.29, 0.717) is 6.07 Å². The van der Waals surface area contributed by atoms with Crippen molar-refractivity contribution in [3.05, 3.63) is 94.5 Å². The average Bonchev–Trinajstić information content (AvgIpc) is 3.25. The van der Waals surface area contributed by atoms with Crippen LogP contribution in [0.3, 0.4) is 0 Å². The Kier molecular flexibility index (Phi) is 9.51. The Labute approximate surface area is 241 Å². The molecule has 0 unspecified atom stereocenters. The monoisotopic (exact) mass is 599 g/mol. The van der Waals surface area contributed by atoms with Crippen LogP contribution < -0.4 is 15.5 Å². The van der Waals surface area contributed by atoms with E-state index in [9.17, 15) is 27.2 Å². The van der Waals surface area contributed by atoms with Gasteiger partial charge in [-0.15, -0.1) is 0 Å². The fourth-order valence-electron chi connectivity index (χ4n) is 4.83. The predicted molar refractivity (Wildman–Crippen MR) is 152 cm³/mol. The summed E-state index contributed by atoms with van der Waals surface area (Å²) >= 11 is 6.42. The summed E-state index contributed by atoms with van der Waals surface area (Å²) in [6.45, 7) is 0. The van der Waals surface area contributed by atoms with Gasteiger partial charge in [-0.2, -0.15) is 27.0 Å². The third-order valence-corrected chi connectivity index (χ3v) is 6.92. The minimum atomic E-state index is -2.89. The van der Waals surface area contributed by atoms with E-state index in [1.807, 2.05) is 12.1 Å². The van der Waals surface area contributed by atoms with E-state index in [0.717, 1.165) is 28.3 Å². The van der Waals surface area contributed by atoms with Gasteiger partial charge in [-0.3, -0.25) is 14.5 Å². The molecule has 208 valence electrons. The van der Waals surface area contributed by atoms with Gasteiger partial charge in [-0.05, 0) is 29.8 Å². The molecule has 39 heavy (non-hydrogen) atoms. The molecule has 3 aromatic rings. The normalized spacial score (nSPS) is 17.8. The second-order valence-corrected chi connectivity index (χ2v) is 9.70. The van der Waals surface area contributed by atoms with Crippen molar-refractivity contribution in [2.75, 3.05) is 10.2 Å². The van der Waals surface area contributed by atoms with Gasteiger partial charge in [0.15, 0.2) is 0 Å². The summed E-state index contributed by atoms with van der Waals surface area (Å²) in [5.41, 5.74) is 1.56. The van der Waals surface area contributed by atoms with E-state index in [-0.39, 0.29) is 49.7 Å². The minimum absolute atomic E-state index is 0. The van der Waals surface area contributed by atoms with Crippen LogP contribution in [0.15, 0.2) is 66.7 Å². The molecule has 1 saturated carbocycles. The molecular formula is C27H26ClF4N3O2S2. The van der Waals surface area contributed by atoms with Crippen LogP contribution in [-0.2, 0) is 16.0 Å². The molecule has 1 fully saturated rings. The largest absolute Gasteiger partial charge is 0.373 e. The van der Waals surface area contributed by atoms with Crippen molar-refractivity contribution < 1.29 is 27.2 Å². The molecule has 1 aliphatic heterocycles. The van der Waals surface area contributed by atoms with E-state index in [1.165, 1.54) is 12.1 Å². The Balaban J connectivity index is 0.00000210. The van der Waals surface area contributed by atoms with Gasteiger partial charge in [0.25, 0.3) is 11.8 Å². The zero-order chi connectivity index (χ0) is 26.3. The zero-order valence-corrected chi connectivity index (χ0v) is 23.1. The molecular weight excluding hydrogens is 574 g/mol. The zero-order valence-electron chi connectivity index (χ0n) is 20.4. The van der Waals surface area contributed by atoms with Crippen LogP contribution in [0.2, 0.25) is 5.02 Å². The summed E-state index contributed by atoms with van der Waals surface area (Å²) in [5, 5.41) is 5.79. The molecule has 2 amide bonds. The fourth-order valence-corrected chi connectivity index (χ4v) is 5.07. The summed E-state index contributed by atoms with van der Waals surface area (Å²) in [7, 11) is 0. The highest BCUT2D eigenvalue weighted by Crippen LogP contribution is 2.39. The summed E-state index contributed by atoms with van der Waals surface area (Å²) in [5.74, 6) is -6.22. The lowest BCUT2D eigenvalue weighted by molar-refractivity contribution is -0.132. The molecule has 5 rings (SSSR count). The number of amides is 2. The van der Waals surface area contributed by atoms with Gasteiger partial charge < -0.3 is 10.6 Å². The molecule has 0 radical (unpaired) electrons. The number of fused-ring (bicyclic) bond motifs is 1. The Morgan fingerprint density at radius 3 is 2.21 bits per heavy atom. The van der Waals surface area contributed by atoms with Crippen molar-refractivity contribution in [3.63, 3.8) is 0 Å². The number of anilines is 2. The summed E-state index contributed by atoms with van der Waals surface area (Å²) in [6.07, 6.45) is -0.818. The molecule has 0 bridgehead atoms. The maximum absolute atomic E-state index is 14.3. The van der Waals surface area contributed by atoms with Gasteiger partial charge in [0.2, 0.25) is 5.91 Å². The van der Waals surface area contributed by atoms with Crippen LogP contribution in [0.25, 0.3) is 0 Å². The van der Waals surface area contributed by atoms with Crippen molar-refractivity contribution in [1.82, 2.24) is 5.32 Å². The van der Waals surface area contributed by atoms with E-state index in [4.69, 9.17) is 11.6 Å². The number of nitrogens with zero attached hydrogens (tertiary/aromatic N) is 1. The number of benzene rings is 3. The third kappa shape index (κ3) is 6.47. The van der Waals surface area contributed by atoms with Crippen molar-refractivity contribution in [2.45, 2.75) is 43.3 Å². The molecule has 3 aromatic carbocycles. The number of alkyl halides is 2. The van der Waals surface area contributed by atoms with Gasteiger partial charge in [-0.25, -0.2) is 17.6 Å². The molecule has 2 atom stereocenters. The van der Waals surface area contributed by atoms with E-state index >= 15 is 0 Å². The first-order valence-corrected chi connectivity index (χ1v) is 12.1. The van der Waals surface area contributed by atoms with Crippen molar-refractivity contribution in [1.29, 1.82) is 0 Å². The predicted octanol–water partition coefficient (Wildman–Crippen LogP) is 5.87. The molecule has 0 saturated heterocycles. The van der Waals surface area contributed by atoms with E-state index in [2.05, 4.69) is 10.6 Å². The lowest BCUT2D eigenvalue weighted by atomic mass is 9.87. The standard InChI is InChI=1S/C27H22ClF4N3O2.2H2S/c28-21-7-3-2-6-20(21)24(25(36)33-18-13-27(31,32)14-18)35(19-11-16(29)10-17(30)12-19)26(37)23-9-15-5-1-4-8-22(15)34-23;;/h1-8,10-12,18,23-24,34H,9,13-14H2,(H,33,36);2*1H2/t23-,24-;;/m0../s1. The summed E-state index contributed by atoms with van der Waals surface area (Å²) in [6, 6.07) is 12.9. The second-order valence-electron chi connectivity index (χ2n) is 9.29. The molecule has 0 spiro atoms. The number of carbonyl (C=O) groups excluding carboxylic acids is 2. The smallest absolute Gasteiger partial charge is 0.252 e.